The number of nitrogens with zero attached hydrogens (tertiary/aromatic N) is 1. The lowest BCUT2D eigenvalue weighted by Gasteiger charge is -2.18. The lowest BCUT2D eigenvalue weighted by Crippen LogP contribution is -2.27. The normalized spacial score (nSPS) is 12.6. The zero-order valence-electron chi connectivity index (χ0n) is 13.9. The van der Waals surface area contributed by atoms with Crippen LogP contribution in [0.3, 0.4) is 0 Å². The second-order valence-electron chi connectivity index (χ2n) is 5.87. The van der Waals surface area contributed by atoms with E-state index in [1.54, 1.807) is 6.92 Å². The van der Waals surface area contributed by atoms with Crippen LogP contribution in [0.5, 0.6) is 0 Å². The maximum absolute atomic E-state index is 13.0. The first-order valence-electron chi connectivity index (χ1n) is 7.89. The molecule has 2 rings (SSSR count). The monoisotopic (exact) mass is 369 g/mol. The van der Waals surface area contributed by atoms with Crippen molar-refractivity contribution in [3.63, 3.8) is 0 Å². The molecule has 1 aromatic carbocycles. The van der Waals surface area contributed by atoms with E-state index in [4.69, 9.17) is 5.11 Å². The molecule has 26 heavy (non-hydrogen) atoms. The molecule has 0 bridgehead atoms. The third-order valence-electron chi connectivity index (χ3n) is 3.86. The van der Waals surface area contributed by atoms with Crippen LogP contribution < -0.4 is 5.32 Å². The molecule has 2 aromatic rings. The zero-order chi connectivity index (χ0) is 19.3. The second-order valence-corrected chi connectivity index (χ2v) is 5.87. The Balaban J connectivity index is 1.88. The molecule has 0 saturated carbocycles. The summed E-state index contributed by atoms with van der Waals surface area (Å²) >= 11 is 0. The molecule has 0 radical (unpaired) electrons. The predicted molar refractivity (Wildman–Crippen MR) is 86.7 cm³/mol. The smallest absolute Gasteiger partial charge is 0.416 e. The number of amides is 1. The Morgan fingerprint density at radius 3 is 2.62 bits per heavy atom. The van der Waals surface area contributed by atoms with Gasteiger partial charge >= 0.3 is 12.1 Å². The average molecular weight is 369 g/mol. The first-order valence-corrected chi connectivity index (χ1v) is 7.89. The van der Waals surface area contributed by atoms with Crippen molar-refractivity contribution in [1.82, 2.24) is 15.5 Å². The van der Waals surface area contributed by atoms with E-state index in [1.165, 1.54) is 24.3 Å². The van der Waals surface area contributed by atoms with Gasteiger partial charge in [-0.3, -0.25) is 9.89 Å². The third-order valence-corrected chi connectivity index (χ3v) is 3.86. The fraction of sp³-hybridized carbons (Fsp3) is 0.353. The van der Waals surface area contributed by atoms with Crippen LogP contribution in [0.4, 0.5) is 13.2 Å². The number of rotatable bonds is 7. The van der Waals surface area contributed by atoms with E-state index in [-0.39, 0.29) is 30.1 Å². The van der Waals surface area contributed by atoms with Crippen LogP contribution in [-0.2, 0) is 17.4 Å². The number of hydrogen-bond acceptors (Lipinski definition) is 3. The maximum atomic E-state index is 13.0. The quantitative estimate of drug-likeness (QED) is 0.699. The number of H-pyrrole nitrogens is 1. The Hall–Kier alpha value is -2.84. The number of hydrogen-bond donors (Lipinski definition) is 3. The molecule has 0 aliphatic carbocycles. The van der Waals surface area contributed by atoms with Gasteiger partial charge in [-0.15, -0.1) is 0 Å². The predicted octanol–water partition coefficient (Wildman–Crippen LogP) is 2.98. The van der Waals surface area contributed by atoms with Crippen LogP contribution in [-0.4, -0.2) is 33.7 Å². The number of carboxylic acids is 1. The SMILES string of the molecule is CC(CC(=O)NCCc1cc(C(=O)O)n[nH]1)c1ccccc1C(F)(F)F. The average Bonchev–Trinajstić information content (AvgIpc) is 3.03. The molecule has 0 fully saturated rings. The molecule has 0 aliphatic heterocycles. The maximum Gasteiger partial charge on any atom is 0.416 e. The highest BCUT2D eigenvalue weighted by molar-refractivity contribution is 5.85. The number of nitrogens with one attached hydrogen (secondary N) is 2. The summed E-state index contributed by atoms with van der Waals surface area (Å²) in [5, 5.41) is 17.5. The molecule has 6 nitrogen and oxygen atoms in total. The van der Waals surface area contributed by atoms with Crippen molar-refractivity contribution in [3.8, 4) is 0 Å². The standard InChI is InChI=1S/C17H18F3N3O3/c1-10(12-4-2-3-5-13(12)17(18,19)20)8-15(24)21-7-6-11-9-14(16(25)26)23-22-11/h2-5,9-10H,6-8H2,1H3,(H,21,24)(H,22,23)(H,25,26). The summed E-state index contributed by atoms with van der Waals surface area (Å²) in [6.07, 6.45) is -4.22. The van der Waals surface area contributed by atoms with Gasteiger partial charge < -0.3 is 10.4 Å². The van der Waals surface area contributed by atoms with E-state index in [0.717, 1.165) is 6.07 Å². The Bertz CT molecular complexity index is 787. The van der Waals surface area contributed by atoms with Gasteiger partial charge in [-0.2, -0.15) is 18.3 Å². The Kier molecular flexibility index (Phi) is 6.01. The van der Waals surface area contributed by atoms with E-state index >= 15 is 0 Å². The van der Waals surface area contributed by atoms with Gasteiger partial charge in [0.1, 0.15) is 0 Å². The van der Waals surface area contributed by atoms with Crippen LogP contribution in [0.25, 0.3) is 0 Å². The summed E-state index contributed by atoms with van der Waals surface area (Å²) in [7, 11) is 0. The number of carbonyl (C=O) groups is 2. The minimum Gasteiger partial charge on any atom is -0.476 e. The van der Waals surface area contributed by atoms with Crippen LogP contribution >= 0.6 is 0 Å². The van der Waals surface area contributed by atoms with Crippen molar-refractivity contribution < 1.29 is 27.9 Å². The van der Waals surface area contributed by atoms with Crippen molar-refractivity contribution in [3.05, 3.63) is 52.8 Å². The van der Waals surface area contributed by atoms with Crippen molar-refractivity contribution in [2.45, 2.75) is 31.9 Å². The largest absolute Gasteiger partial charge is 0.476 e. The highest BCUT2D eigenvalue weighted by Crippen LogP contribution is 2.35. The number of aromatic nitrogens is 2. The molecular weight excluding hydrogens is 351 g/mol. The Morgan fingerprint density at radius 1 is 1.31 bits per heavy atom. The Morgan fingerprint density at radius 2 is 2.00 bits per heavy atom. The number of carboxylic acid groups (broad SMARTS) is 1. The Labute approximate surface area is 147 Å². The highest BCUT2D eigenvalue weighted by Gasteiger charge is 2.34. The molecule has 3 N–H and O–H groups in total. The molecular formula is C17H18F3N3O3. The van der Waals surface area contributed by atoms with E-state index in [2.05, 4.69) is 15.5 Å². The summed E-state index contributed by atoms with van der Waals surface area (Å²) in [5.41, 5.74) is -0.240. The van der Waals surface area contributed by atoms with Gasteiger partial charge in [-0.25, -0.2) is 4.79 Å². The summed E-state index contributed by atoms with van der Waals surface area (Å²) < 4.78 is 39.1. The number of aromatic carboxylic acids is 1. The molecule has 1 amide bonds. The third kappa shape index (κ3) is 5.08. The van der Waals surface area contributed by atoms with Gasteiger partial charge in [-0.1, -0.05) is 25.1 Å². The van der Waals surface area contributed by atoms with E-state index in [9.17, 15) is 22.8 Å². The molecule has 1 heterocycles. The first-order chi connectivity index (χ1) is 12.2. The van der Waals surface area contributed by atoms with Crippen molar-refractivity contribution >= 4 is 11.9 Å². The number of benzene rings is 1. The van der Waals surface area contributed by atoms with Gasteiger partial charge in [0.05, 0.1) is 5.56 Å². The minimum atomic E-state index is -4.47. The number of halogens is 3. The van der Waals surface area contributed by atoms with Crippen LogP contribution in [0.1, 0.15) is 46.6 Å². The topological polar surface area (TPSA) is 95.1 Å². The summed E-state index contributed by atoms with van der Waals surface area (Å²) in [5.74, 6) is -2.14. The molecule has 1 aromatic heterocycles. The van der Waals surface area contributed by atoms with Crippen LogP contribution in [0.2, 0.25) is 0 Å². The highest BCUT2D eigenvalue weighted by atomic mass is 19.4. The van der Waals surface area contributed by atoms with Crippen molar-refractivity contribution in [2.24, 2.45) is 0 Å². The van der Waals surface area contributed by atoms with Gasteiger partial charge in [0.15, 0.2) is 5.69 Å². The summed E-state index contributed by atoms with van der Waals surface area (Å²) in [6.45, 7) is 1.78. The minimum absolute atomic E-state index is 0.0785. The molecule has 140 valence electrons. The lowest BCUT2D eigenvalue weighted by atomic mass is 9.92. The van der Waals surface area contributed by atoms with Gasteiger partial charge in [0.25, 0.3) is 0 Å². The molecule has 1 atom stereocenters. The number of alkyl halides is 3. The number of carbonyl (C=O) groups excluding carboxylic acids is 1. The molecule has 9 heteroatoms. The zero-order valence-corrected chi connectivity index (χ0v) is 13.9. The summed E-state index contributed by atoms with van der Waals surface area (Å²) in [6, 6.07) is 6.56. The fourth-order valence-corrected chi connectivity index (χ4v) is 2.58. The molecule has 0 spiro atoms. The van der Waals surface area contributed by atoms with Crippen molar-refractivity contribution in [1.29, 1.82) is 0 Å². The number of aromatic amines is 1. The fourth-order valence-electron chi connectivity index (χ4n) is 2.58. The van der Waals surface area contributed by atoms with Gasteiger partial charge in [0, 0.05) is 25.1 Å². The van der Waals surface area contributed by atoms with Crippen LogP contribution in [0.15, 0.2) is 30.3 Å². The van der Waals surface area contributed by atoms with Crippen molar-refractivity contribution in [2.75, 3.05) is 6.54 Å². The molecule has 1 unspecified atom stereocenters. The lowest BCUT2D eigenvalue weighted by molar-refractivity contribution is -0.138. The van der Waals surface area contributed by atoms with E-state index in [1.807, 2.05) is 0 Å². The van der Waals surface area contributed by atoms with E-state index in [0.29, 0.717) is 12.1 Å². The van der Waals surface area contributed by atoms with Gasteiger partial charge in [0.2, 0.25) is 5.91 Å². The molecule has 0 saturated heterocycles. The van der Waals surface area contributed by atoms with Crippen LogP contribution in [0, 0.1) is 0 Å². The second kappa shape index (κ2) is 8.03. The first kappa shape index (κ1) is 19.5. The summed E-state index contributed by atoms with van der Waals surface area (Å²) in [4.78, 5) is 22.7. The van der Waals surface area contributed by atoms with Gasteiger partial charge in [-0.05, 0) is 23.6 Å². The molecule has 0 aliphatic rings. The van der Waals surface area contributed by atoms with E-state index < -0.39 is 23.6 Å².